The second kappa shape index (κ2) is 6.10. The second-order valence-corrected chi connectivity index (χ2v) is 6.39. The SMILES string of the molecule is OCCC1CCCC1Nc1ccnc2ccc(Br)cc12. The van der Waals surface area contributed by atoms with Gasteiger partial charge in [-0.15, -0.1) is 0 Å². The van der Waals surface area contributed by atoms with Crippen molar-refractivity contribution in [1.82, 2.24) is 4.98 Å². The van der Waals surface area contributed by atoms with Crippen LogP contribution in [-0.4, -0.2) is 22.7 Å². The summed E-state index contributed by atoms with van der Waals surface area (Å²) in [5.41, 5.74) is 2.15. The lowest BCUT2D eigenvalue weighted by Gasteiger charge is -2.22. The van der Waals surface area contributed by atoms with Crippen molar-refractivity contribution in [3.63, 3.8) is 0 Å². The van der Waals surface area contributed by atoms with Gasteiger partial charge in [-0.1, -0.05) is 22.4 Å². The predicted molar refractivity (Wildman–Crippen MR) is 85.9 cm³/mol. The number of aromatic nitrogens is 1. The Kier molecular flexibility index (Phi) is 4.22. The van der Waals surface area contributed by atoms with E-state index in [-0.39, 0.29) is 6.61 Å². The van der Waals surface area contributed by atoms with Gasteiger partial charge in [-0.3, -0.25) is 4.98 Å². The molecule has 0 bridgehead atoms. The van der Waals surface area contributed by atoms with Gasteiger partial charge in [0.25, 0.3) is 0 Å². The number of benzene rings is 1. The summed E-state index contributed by atoms with van der Waals surface area (Å²) in [6, 6.07) is 8.67. The molecule has 1 aromatic heterocycles. The first-order valence-corrected chi connectivity index (χ1v) is 7.99. The lowest BCUT2D eigenvalue weighted by Crippen LogP contribution is -2.24. The summed E-state index contributed by atoms with van der Waals surface area (Å²) in [5, 5.41) is 14.0. The van der Waals surface area contributed by atoms with Gasteiger partial charge in [0, 0.05) is 34.4 Å². The van der Waals surface area contributed by atoms with E-state index in [4.69, 9.17) is 0 Å². The van der Waals surface area contributed by atoms with E-state index in [9.17, 15) is 5.11 Å². The first kappa shape index (κ1) is 13.8. The first-order chi connectivity index (χ1) is 9.78. The van der Waals surface area contributed by atoms with Crippen molar-refractivity contribution in [1.29, 1.82) is 0 Å². The summed E-state index contributed by atoms with van der Waals surface area (Å²) in [6.45, 7) is 0.283. The van der Waals surface area contributed by atoms with Crippen LogP contribution in [0.4, 0.5) is 5.69 Å². The monoisotopic (exact) mass is 334 g/mol. The Morgan fingerprint density at radius 2 is 2.20 bits per heavy atom. The Balaban J connectivity index is 1.88. The number of halogens is 1. The summed E-state index contributed by atoms with van der Waals surface area (Å²) in [5.74, 6) is 0.579. The molecular weight excluding hydrogens is 316 g/mol. The Labute approximate surface area is 127 Å². The fourth-order valence-electron chi connectivity index (χ4n) is 3.18. The summed E-state index contributed by atoms with van der Waals surface area (Å²) in [4.78, 5) is 4.41. The molecule has 0 radical (unpaired) electrons. The number of pyridine rings is 1. The normalized spacial score (nSPS) is 22.3. The molecule has 0 spiro atoms. The van der Waals surface area contributed by atoms with Crippen molar-refractivity contribution in [2.75, 3.05) is 11.9 Å². The van der Waals surface area contributed by atoms with Crippen molar-refractivity contribution in [2.45, 2.75) is 31.7 Å². The molecule has 3 rings (SSSR count). The second-order valence-electron chi connectivity index (χ2n) is 5.47. The van der Waals surface area contributed by atoms with Crippen LogP contribution in [0.25, 0.3) is 10.9 Å². The highest BCUT2D eigenvalue weighted by Crippen LogP contribution is 2.33. The summed E-state index contributed by atoms with van der Waals surface area (Å²) in [6.07, 6.45) is 6.39. The zero-order chi connectivity index (χ0) is 13.9. The lowest BCUT2D eigenvalue weighted by molar-refractivity contribution is 0.254. The molecule has 3 nitrogen and oxygen atoms in total. The van der Waals surface area contributed by atoms with Gasteiger partial charge >= 0.3 is 0 Å². The van der Waals surface area contributed by atoms with Crippen molar-refractivity contribution >= 4 is 32.5 Å². The van der Waals surface area contributed by atoms with Crippen LogP contribution in [0.3, 0.4) is 0 Å². The van der Waals surface area contributed by atoms with Crippen molar-refractivity contribution in [3.05, 3.63) is 34.9 Å². The number of nitrogens with one attached hydrogen (secondary N) is 1. The topological polar surface area (TPSA) is 45.1 Å². The van der Waals surface area contributed by atoms with E-state index in [2.05, 4.69) is 32.3 Å². The fourth-order valence-corrected chi connectivity index (χ4v) is 3.54. The van der Waals surface area contributed by atoms with Crippen LogP contribution in [-0.2, 0) is 0 Å². The smallest absolute Gasteiger partial charge is 0.0723 e. The maximum atomic E-state index is 9.17. The van der Waals surface area contributed by atoms with Gasteiger partial charge < -0.3 is 10.4 Å². The molecule has 2 N–H and O–H groups in total. The van der Waals surface area contributed by atoms with E-state index in [1.807, 2.05) is 24.4 Å². The van der Waals surface area contributed by atoms with Crippen LogP contribution >= 0.6 is 15.9 Å². The molecule has 0 saturated heterocycles. The largest absolute Gasteiger partial charge is 0.396 e. The van der Waals surface area contributed by atoms with E-state index in [0.29, 0.717) is 12.0 Å². The third-order valence-electron chi connectivity index (χ3n) is 4.20. The minimum Gasteiger partial charge on any atom is -0.396 e. The lowest BCUT2D eigenvalue weighted by atomic mass is 9.99. The Morgan fingerprint density at radius 3 is 3.05 bits per heavy atom. The van der Waals surface area contributed by atoms with Gasteiger partial charge in [-0.25, -0.2) is 0 Å². The molecule has 106 valence electrons. The average molecular weight is 335 g/mol. The molecule has 1 saturated carbocycles. The number of hydrogen-bond acceptors (Lipinski definition) is 3. The van der Waals surface area contributed by atoms with Crippen molar-refractivity contribution in [3.8, 4) is 0 Å². The fraction of sp³-hybridized carbons (Fsp3) is 0.438. The van der Waals surface area contributed by atoms with Crippen molar-refractivity contribution < 1.29 is 5.11 Å². The molecule has 1 heterocycles. The molecule has 4 heteroatoms. The quantitative estimate of drug-likeness (QED) is 0.889. The van der Waals surface area contributed by atoms with Gasteiger partial charge in [0.05, 0.1) is 5.52 Å². The molecule has 2 atom stereocenters. The van der Waals surface area contributed by atoms with Gasteiger partial charge in [0.15, 0.2) is 0 Å². The number of fused-ring (bicyclic) bond motifs is 1. The molecule has 1 aromatic carbocycles. The number of rotatable bonds is 4. The standard InChI is InChI=1S/C16H19BrN2O/c17-12-4-5-15-13(10-12)16(6-8-18-15)19-14-3-1-2-11(14)7-9-20/h4-6,8,10-11,14,20H,1-3,7,9H2,(H,18,19). The zero-order valence-electron chi connectivity index (χ0n) is 11.3. The molecule has 1 aliphatic rings. The maximum absolute atomic E-state index is 9.17. The molecule has 0 amide bonds. The summed E-state index contributed by atoms with van der Waals surface area (Å²) < 4.78 is 1.07. The Morgan fingerprint density at radius 1 is 1.30 bits per heavy atom. The van der Waals surface area contributed by atoms with Gasteiger partial charge in [0.2, 0.25) is 0 Å². The molecule has 20 heavy (non-hydrogen) atoms. The first-order valence-electron chi connectivity index (χ1n) is 7.19. The van der Waals surface area contributed by atoms with Gasteiger partial charge in [-0.2, -0.15) is 0 Å². The molecular formula is C16H19BrN2O. The zero-order valence-corrected chi connectivity index (χ0v) is 12.9. The molecule has 2 aromatic rings. The van der Waals surface area contributed by atoms with Crippen LogP contribution < -0.4 is 5.32 Å². The van der Waals surface area contributed by atoms with E-state index in [1.165, 1.54) is 19.3 Å². The predicted octanol–water partition coefficient (Wildman–Crippen LogP) is 3.96. The highest BCUT2D eigenvalue weighted by molar-refractivity contribution is 9.10. The van der Waals surface area contributed by atoms with E-state index < -0.39 is 0 Å². The molecule has 1 fully saturated rings. The van der Waals surface area contributed by atoms with Crippen molar-refractivity contribution in [2.24, 2.45) is 5.92 Å². The van der Waals surface area contributed by atoms with Crippen LogP contribution in [0.15, 0.2) is 34.9 Å². The summed E-state index contributed by atoms with van der Waals surface area (Å²) in [7, 11) is 0. The van der Waals surface area contributed by atoms with Crippen LogP contribution in [0.2, 0.25) is 0 Å². The minimum atomic E-state index is 0.283. The van der Waals surface area contributed by atoms with Crippen LogP contribution in [0.5, 0.6) is 0 Å². The third-order valence-corrected chi connectivity index (χ3v) is 4.70. The number of anilines is 1. The Bertz CT molecular complexity index is 602. The molecule has 2 unspecified atom stereocenters. The highest BCUT2D eigenvalue weighted by Gasteiger charge is 2.26. The average Bonchev–Trinajstić information content (AvgIpc) is 2.87. The number of aliphatic hydroxyl groups excluding tert-OH is 1. The Hall–Kier alpha value is -1.13. The highest BCUT2D eigenvalue weighted by atomic mass is 79.9. The molecule has 0 aliphatic heterocycles. The number of aliphatic hydroxyl groups is 1. The number of hydrogen-bond donors (Lipinski definition) is 2. The van der Waals surface area contributed by atoms with E-state index >= 15 is 0 Å². The van der Waals surface area contributed by atoms with Crippen LogP contribution in [0, 0.1) is 5.92 Å². The number of nitrogens with zero attached hydrogens (tertiary/aromatic N) is 1. The minimum absolute atomic E-state index is 0.283. The third kappa shape index (κ3) is 2.81. The maximum Gasteiger partial charge on any atom is 0.0723 e. The van der Waals surface area contributed by atoms with E-state index in [1.54, 1.807) is 0 Å². The summed E-state index contributed by atoms with van der Waals surface area (Å²) >= 11 is 3.53. The van der Waals surface area contributed by atoms with Crippen LogP contribution in [0.1, 0.15) is 25.7 Å². The van der Waals surface area contributed by atoms with Gasteiger partial charge in [-0.05, 0) is 49.4 Å². The molecule has 1 aliphatic carbocycles. The van der Waals surface area contributed by atoms with Gasteiger partial charge in [0.1, 0.15) is 0 Å². The van der Waals surface area contributed by atoms with E-state index in [0.717, 1.165) is 27.5 Å².